The molecule has 0 heterocycles. The van der Waals surface area contributed by atoms with Crippen molar-refractivity contribution in [2.75, 3.05) is 7.11 Å². The third kappa shape index (κ3) is 1.40. The van der Waals surface area contributed by atoms with Gasteiger partial charge in [0.15, 0.2) is 0 Å². The second-order valence-corrected chi connectivity index (χ2v) is 2.09. The lowest BCUT2D eigenvalue weighted by molar-refractivity contribution is 0.416. The fraction of sp³-hybridized carbons (Fsp3) is 0.125. The summed E-state index contributed by atoms with van der Waals surface area (Å²) in [4.78, 5) is 10.2. The largest absolute Gasteiger partial charge is 0.494 e. The molecular formula is C8H6N2O2. The fourth-order valence-corrected chi connectivity index (χ4v) is 0.823. The average molecular weight is 162 g/mol. The zero-order valence-corrected chi connectivity index (χ0v) is 6.44. The summed E-state index contributed by atoms with van der Waals surface area (Å²) in [6, 6.07) is 6.36. The van der Waals surface area contributed by atoms with Gasteiger partial charge in [0, 0.05) is 6.07 Å². The molecule has 0 unspecified atom stereocenters. The lowest BCUT2D eigenvalue weighted by Gasteiger charge is -2.00. The molecule has 12 heavy (non-hydrogen) atoms. The summed E-state index contributed by atoms with van der Waals surface area (Å²) in [7, 11) is 1.42. The maximum Gasteiger partial charge on any atom is 0.149 e. The molecule has 0 radical (unpaired) electrons. The van der Waals surface area contributed by atoms with Crippen LogP contribution in [-0.2, 0) is 0 Å². The zero-order valence-electron chi connectivity index (χ0n) is 6.44. The summed E-state index contributed by atoms with van der Waals surface area (Å²) in [5.41, 5.74) is 0.649. The van der Waals surface area contributed by atoms with Crippen molar-refractivity contribution in [1.29, 1.82) is 5.26 Å². The summed E-state index contributed by atoms with van der Waals surface area (Å²) in [5, 5.41) is 11.2. The summed E-state index contributed by atoms with van der Waals surface area (Å²) in [5.74, 6) is 0.323. The molecule has 4 heteroatoms. The number of hydrogen-bond donors (Lipinski definition) is 0. The molecule has 0 aliphatic heterocycles. The highest BCUT2D eigenvalue weighted by Crippen LogP contribution is 2.27. The Kier molecular flexibility index (Phi) is 2.38. The number of nitriles is 1. The van der Waals surface area contributed by atoms with Crippen LogP contribution in [0.4, 0.5) is 5.69 Å². The molecule has 0 fully saturated rings. The van der Waals surface area contributed by atoms with Crippen molar-refractivity contribution in [3.05, 3.63) is 28.7 Å². The number of methoxy groups -OCH3 is 1. The molecule has 0 amide bonds. The van der Waals surface area contributed by atoms with Gasteiger partial charge in [-0.1, -0.05) is 0 Å². The van der Waals surface area contributed by atoms with E-state index < -0.39 is 0 Å². The summed E-state index contributed by atoms with van der Waals surface area (Å²) in [6.07, 6.45) is 0. The van der Waals surface area contributed by atoms with Gasteiger partial charge in [0.05, 0.1) is 18.7 Å². The number of hydrogen-bond acceptors (Lipinski definition) is 4. The second kappa shape index (κ2) is 3.49. The Bertz CT molecular complexity index is 341. The molecule has 0 saturated carbocycles. The van der Waals surface area contributed by atoms with Crippen molar-refractivity contribution in [2.24, 2.45) is 5.18 Å². The smallest absolute Gasteiger partial charge is 0.149 e. The van der Waals surface area contributed by atoms with Crippen molar-refractivity contribution in [1.82, 2.24) is 0 Å². The molecule has 1 aromatic rings. The van der Waals surface area contributed by atoms with E-state index >= 15 is 0 Å². The van der Waals surface area contributed by atoms with Gasteiger partial charge >= 0.3 is 0 Å². The molecule has 0 aromatic heterocycles. The number of ether oxygens (including phenoxy) is 1. The lowest BCUT2D eigenvalue weighted by atomic mass is 10.2. The molecule has 0 N–H and O–H groups in total. The highest BCUT2D eigenvalue weighted by atomic mass is 16.5. The lowest BCUT2D eigenvalue weighted by Crippen LogP contribution is -1.84. The SMILES string of the molecule is COc1cc(C#N)ccc1N=O. The van der Waals surface area contributed by atoms with Crippen LogP contribution in [0.2, 0.25) is 0 Å². The van der Waals surface area contributed by atoms with E-state index in [1.807, 2.05) is 6.07 Å². The Balaban J connectivity index is 3.21. The first-order valence-corrected chi connectivity index (χ1v) is 3.23. The minimum absolute atomic E-state index is 0.205. The molecule has 0 aliphatic rings. The van der Waals surface area contributed by atoms with Gasteiger partial charge in [-0.15, -0.1) is 4.91 Å². The minimum Gasteiger partial charge on any atom is -0.494 e. The Hall–Kier alpha value is -1.89. The second-order valence-electron chi connectivity index (χ2n) is 2.09. The van der Waals surface area contributed by atoms with Gasteiger partial charge in [0.2, 0.25) is 0 Å². The summed E-state index contributed by atoms with van der Waals surface area (Å²) >= 11 is 0. The molecule has 60 valence electrons. The minimum atomic E-state index is 0.205. The van der Waals surface area contributed by atoms with Crippen LogP contribution in [-0.4, -0.2) is 7.11 Å². The number of nitroso groups, excluding NO2 is 1. The summed E-state index contributed by atoms with van der Waals surface area (Å²) in [6.45, 7) is 0. The zero-order chi connectivity index (χ0) is 8.97. The van der Waals surface area contributed by atoms with Crippen molar-refractivity contribution in [2.45, 2.75) is 0 Å². The third-order valence-electron chi connectivity index (χ3n) is 1.41. The van der Waals surface area contributed by atoms with Gasteiger partial charge in [-0.25, -0.2) is 0 Å². The first-order chi connectivity index (χ1) is 5.81. The van der Waals surface area contributed by atoms with E-state index in [0.29, 0.717) is 11.3 Å². The van der Waals surface area contributed by atoms with E-state index in [0.717, 1.165) is 0 Å². The van der Waals surface area contributed by atoms with Gasteiger partial charge in [-0.3, -0.25) is 0 Å². The van der Waals surface area contributed by atoms with E-state index in [1.165, 1.54) is 25.3 Å². The van der Waals surface area contributed by atoms with Crippen LogP contribution in [0.5, 0.6) is 5.75 Å². The number of rotatable bonds is 2. The molecule has 0 spiro atoms. The Morgan fingerprint density at radius 3 is 2.83 bits per heavy atom. The van der Waals surface area contributed by atoms with E-state index in [1.54, 1.807) is 0 Å². The highest BCUT2D eigenvalue weighted by Gasteiger charge is 2.03. The van der Waals surface area contributed by atoms with Crippen molar-refractivity contribution in [3.8, 4) is 11.8 Å². The van der Waals surface area contributed by atoms with Crippen LogP contribution in [0.1, 0.15) is 5.56 Å². The molecule has 4 nitrogen and oxygen atoms in total. The van der Waals surface area contributed by atoms with Crippen LogP contribution < -0.4 is 4.74 Å². The first kappa shape index (κ1) is 8.21. The first-order valence-electron chi connectivity index (χ1n) is 3.23. The van der Waals surface area contributed by atoms with Crippen molar-refractivity contribution < 1.29 is 4.74 Å². The standard InChI is InChI=1S/C8H6N2O2/c1-12-8-4-6(5-9)2-3-7(8)10-11/h2-4H,1H3. The van der Waals surface area contributed by atoms with Crippen LogP contribution in [0.25, 0.3) is 0 Å². The Labute approximate surface area is 69.4 Å². The molecule has 0 bridgehead atoms. The molecular weight excluding hydrogens is 156 g/mol. The van der Waals surface area contributed by atoms with Crippen molar-refractivity contribution >= 4 is 5.69 Å². The predicted octanol–water partition coefficient (Wildman–Crippen LogP) is 1.96. The fourth-order valence-electron chi connectivity index (χ4n) is 0.823. The topological polar surface area (TPSA) is 62.4 Å². The quantitative estimate of drug-likeness (QED) is 0.624. The van der Waals surface area contributed by atoms with Gasteiger partial charge in [0.1, 0.15) is 11.4 Å². The molecule has 0 atom stereocenters. The van der Waals surface area contributed by atoms with Crippen LogP contribution >= 0.6 is 0 Å². The van der Waals surface area contributed by atoms with E-state index in [2.05, 4.69) is 5.18 Å². The van der Waals surface area contributed by atoms with E-state index in [-0.39, 0.29) is 5.69 Å². The Morgan fingerprint density at radius 2 is 2.33 bits per heavy atom. The molecule has 0 aliphatic carbocycles. The molecule has 1 rings (SSSR count). The maximum absolute atomic E-state index is 10.2. The number of nitrogens with zero attached hydrogens (tertiary/aromatic N) is 2. The Morgan fingerprint density at radius 1 is 1.58 bits per heavy atom. The highest BCUT2D eigenvalue weighted by molar-refractivity contribution is 5.55. The third-order valence-corrected chi connectivity index (χ3v) is 1.41. The maximum atomic E-state index is 10.2. The van der Waals surface area contributed by atoms with Gasteiger partial charge in [-0.05, 0) is 17.3 Å². The van der Waals surface area contributed by atoms with Crippen LogP contribution in [0, 0.1) is 16.2 Å². The molecule has 1 aromatic carbocycles. The predicted molar refractivity (Wildman–Crippen MR) is 43.2 cm³/mol. The van der Waals surface area contributed by atoms with E-state index in [4.69, 9.17) is 10.00 Å². The van der Waals surface area contributed by atoms with Crippen LogP contribution in [0.3, 0.4) is 0 Å². The normalized spacial score (nSPS) is 8.67. The summed E-state index contributed by atoms with van der Waals surface area (Å²) < 4.78 is 4.83. The monoisotopic (exact) mass is 162 g/mol. The van der Waals surface area contributed by atoms with Crippen LogP contribution in [0.15, 0.2) is 23.4 Å². The van der Waals surface area contributed by atoms with Gasteiger partial charge in [0.25, 0.3) is 0 Å². The van der Waals surface area contributed by atoms with Gasteiger partial charge < -0.3 is 4.74 Å². The molecule has 0 saturated heterocycles. The van der Waals surface area contributed by atoms with Crippen molar-refractivity contribution in [3.63, 3.8) is 0 Å². The van der Waals surface area contributed by atoms with Gasteiger partial charge in [-0.2, -0.15) is 5.26 Å². The number of benzene rings is 1. The van der Waals surface area contributed by atoms with E-state index in [9.17, 15) is 4.91 Å². The average Bonchev–Trinajstić information content (AvgIpc) is 2.16.